The maximum absolute atomic E-state index is 12.9. The Morgan fingerprint density at radius 3 is 2.52 bits per heavy atom. The number of carbonyl (C=O) groups excluding carboxylic acids is 3. The number of hydrogen-bond acceptors (Lipinski definition) is 5. The van der Waals surface area contributed by atoms with Crippen LogP contribution in [0.25, 0.3) is 0 Å². The molecule has 27 heavy (non-hydrogen) atoms. The number of nitrogens with zero attached hydrogens (tertiary/aromatic N) is 1. The fraction of sp³-hybridized carbons (Fsp3) is 0.571. The van der Waals surface area contributed by atoms with Gasteiger partial charge in [0.1, 0.15) is 13.2 Å². The van der Waals surface area contributed by atoms with E-state index in [1.54, 1.807) is 0 Å². The van der Waals surface area contributed by atoms with Crippen molar-refractivity contribution in [2.75, 3.05) is 6.61 Å². The van der Waals surface area contributed by atoms with Crippen LogP contribution in [0.2, 0.25) is 0 Å². The summed E-state index contributed by atoms with van der Waals surface area (Å²) in [5.41, 5.74) is 0.0734. The molecular formula is C21H27NO5. The van der Waals surface area contributed by atoms with E-state index in [9.17, 15) is 14.4 Å². The van der Waals surface area contributed by atoms with Crippen molar-refractivity contribution in [1.82, 2.24) is 4.90 Å². The summed E-state index contributed by atoms with van der Waals surface area (Å²) in [5, 5.41) is 0. The van der Waals surface area contributed by atoms with Crippen molar-refractivity contribution in [3.8, 4) is 0 Å². The number of carbonyl (C=O) groups is 3. The van der Waals surface area contributed by atoms with Crippen LogP contribution in [-0.2, 0) is 25.7 Å². The van der Waals surface area contributed by atoms with Crippen LogP contribution in [0.3, 0.4) is 0 Å². The molecule has 1 heterocycles. The molecule has 1 aliphatic heterocycles. The highest BCUT2D eigenvalue weighted by molar-refractivity contribution is 5.96. The number of benzene rings is 1. The van der Waals surface area contributed by atoms with Crippen molar-refractivity contribution in [3.63, 3.8) is 0 Å². The van der Waals surface area contributed by atoms with Crippen LogP contribution >= 0.6 is 0 Å². The van der Waals surface area contributed by atoms with Crippen LogP contribution in [0.1, 0.15) is 51.5 Å². The largest absolute Gasteiger partial charge is 0.460 e. The van der Waals surface area contributed by atoms with Gasteiger partial charge in [0.25, 0.3) is 0 Å². The Morgan fingerprint density at radius 1 is 1.22 bits per heavy atom. The Morgan fingerprint density at radius 2 is 1.89 bits per heavy atom. The zero-order valence-corrected chi connectivity index (χ0v) is 16.0. The molecule has 146 valence electrons. The van der Waals surface area contributed by atoms with Crippen molar-refractivity contribution in [1.29, 1.82) is 0 Å². The van der Waals surface area contributed by atoms with Gasteiger partial charge in [-0.05, 0) is 24.3 Å². The topological polar surface area (TPSA) is 72.9 Å². The molecule has 1 aromatic rings. The van der Waals surface area contributed by atoms with Gasteiger partial charge in [0, 0.05) is 6.42 Å². The third-order valence-electron chi connectivity index (χ3n) is 5.64. The molecule has 0 bridgehead atoms. The van der Waals surface area contributed by atoms with Crippen molar-refractivity contribution < 1.29 is 23.9 Å². The quantitative estimate of drug-likeness (QED) is 0.711. The van der Waals surface area contributed by atoms with Gasteiger partial charge in [-0.3, -0.25) is 9.59 Å². The molecule has 0 N–H and O–H groups in total. The van der Waals surface area contributed by atoms with Crippen LogP contribution < -0.4 is 0 Å². The maximum Gasteiger partial charge on any atom is 0.416 e. The van der Waals surface area contributed by atoms with Gasteiger partial charge >= 0.3 is 12.1 Å². The fourth-order valence-electron chi connectivity index (χ4n) is 3.97. The summed E-state index contributed by atoms with van der Waals surface area (Å²) in [6.07, 6.45) is 2.38. The van der Waals surface area contributed by atoms with Crippen molar-refractivity contribution in [3.05, 3.63) is 35.9 Å². The highest BCUT2D eigenvalue weighted by Gasteiger charge is 2.48. The lowest BCUT2D eigenvalue weighted by atomic mass is 9.82. The average Bonchev–Trinajstić information content (AvgIpc) is 3.28. The summed E-state index contributed by atoms with van der Waals surface area (Å²) >= 11 is 0. The van der Waals surface area contributed by atoms with Crippen LogP contribution in [0, 0.1) is 11.3 Å². The molecule has 0 radical (unpaired) electrons. The Labute approximate surface area is 159 Å². The molecule has 0 aromatic heterocycles. The number of imide groups is 1. The van der Waals surface area contributed by atoms with E-state index >= 15 is 0 Å². The summed E-state index contributed by atoms with van der Waals surface area (Å²) in [6.45, 7) is 4.31. The summed E-state index contributed by atoms with van der Waals surface area (Å²) in [5.74, 6) is -0.578. The first-order valence-electron chi connectivity index (χ1n) is 9.63. The first-order chi connectivity index (χ1) is 12.9. The molecule has 3 rings (SSSR count). The highest BCUT2D eigenvalue weighted by atomic mass is 16.6. The Kier molecular flexibility index (Phi) is 5.82. The normalized spacial score (nSPS) is 21.4. The molecule has 0 spiro atoms. The predicted molar refractivity (Wildman–Crippen MR) is 98.6 cm³/mol. The molecule has 2 fully saturated rings. The van der Waals surface area contributed by atoms with Gasteiger partial charge in [0.2, 0.25) is 5.91 Å². The molecule has 0 unspecified atom stereocenters. The second-order valence-corrected chi connectivity index (χ2v) is 7.88. The third-order valence-corrected chi connectivity index (χ3v) is 5.64. The minimum absolute atomic E-state index is 0.00105. The van der Waals surface area contributed by atoms with Gasteiger partial charge < -0.3 is 9.47 Å². The van der Waals surface area contributed by atoms with E-state index in [0.29, 0.717) is 12.8 Å². The Hall–Kier alpha value is -2.37. The minimum atomic E-state index is -0.837. The lowest BCUT2D eigenvalue weighted by Gasteiger charge is -2.29. The zero-order chi connectivity index (χ0) is 19.4. The lowest BCUT2D eigenvalue weighted by molar-refractivity contribution is -0.160. The number of cyclic esters (lactones) is 1. The molecule has 6 heteroatoms. The lowest BCUT2D eigenvalue weighted by Crippen LogP contribution is -2.45. The Bertz CT molecular complexity index is 694. The van der Waals surface area contributed by atoms with E-state index in [1.165, 1.54) is 4.90 Å². The molecule has 1 atom stereocenters. The number of hydrogen-bond donors (Lipinski definition) is 0. The summed E-state index contributed by atoms with van der Waals surface area (Å²) in [6, 6.07) is 9.21. The van der Waals surface area contributed by atoms with Gasteiger partial charge in [-0.2, -0.15) is 0 Å². The van der Waals surface area contributed by atoms with Crippen molar-refractivity contribution in [2.24, 2.45) is 11.3 Å². The predicted octanol–water partition coefficient (Wildman–Crippen LogP) is 3.68. The van der Waals surface area contributed by atoms with Gasteiger partial charge in [-0.25, -0.2) is 9.69 Å². The Balaban J connectivity index is 1.69. The SMILES string of the molecule is CC(C)[C@H]1COC(=O)N1C(=O)CC1(C(=O)OCc2ccccc2)CCCC1. The first kappa shape index (κ1) is 19.4. The molecule has 1 saturated heterocycles. The van der Waals surface area contributed by atoms with Crippen LogP contribution in [0.5, 0.6) is 0 Å². The number of amides is 2. The highest BCUT2D eigenvalue weighted by Crippen LogP contribution is 2.43. The molecule has 2 amide bonds. The molecule has 1 aromatic carbocycles. The summed E-state index contributed by atoms with van der Waals surface area (Å²) < 4.78 is 10.6. The van der Waals surface area contributed by atoms with Crippen LogP contribution in [0.15, 0.2) is 30.3 Å². The van der Waals surface area contributed by atoms with Crippen molar-refractivity contribution in [2.45, 2.75) is 58.6 Å². The van der Waals surface area contributed by atoms with Crippen molar-refractivity contribution >= 4 is 18.0 Å². The van der Waals surface area contributed by atoms with Gasteiger partial charge in [0.15, 0.2) is 0 Å². The monoisotopic (exact) mass is 373 g/mol. The molecular weight excluding hydrogens is 346 g/mol. The number of ether oxygens (including phenoxy) is 2. The maximum atomic E-state index is 12.9. The summed E-state index contributed by atoms with van der Waals surface area (Å²) in [7, 11) is 0. The number of rotatable bonds is 6. The molecule has 1 aliphatic carbocycles. The zero-order valence-electron chi connectivity index (χ0n) is 16.0. The van der Waals surface area contributed by atoms with Gasteiger partial charge in [-0.1, -0.05) is 57.0 Å². The standard InChI is InChI=1S/C21H27NO5/c1-15(2)17-14-27-20(25)22(17)18(23)12-21(10-6-7-11-21)19(24)26-13-16-8-4-3-5-9-16/h3-5,8-9,15,17H,6-7,10-14H2,1-2H3/t17-/m1/s1. The fourth-order valence-corrected chi connectivity index (χ4v) is 3.97. The first-order valence-corrected chi connectivity index (χ1v) is 9.63. The second kappa shape index (κ2) is 8.11. The van der Waals surface area contributed by atoms with Crippen LogP contribution in [-0.4, -0.2) is 35.5 Å². The van der Waals surface area contributed by atoms with E-state index in [4.69, 9.17) is 9.47 Å². The van der Waals surface area contributed by atoms with E-state index < -0.39 is 11.5 Å². The second-order valence-electron chi connectivity index (χ2n) is 7.88. The van der Waals surface area contributed by atoms with Gasteiger partial charge in [-0.15, -0.1) is 0 Å². The minimum Gasteiger partial charge on any atom is -0.460 e. The van der Waals surface area contributed by atoms with E-state index in [1.807, 2.05) is 44.2 Å². The summed E-state index contributed by atoms with van der Waals surface area (Å²) in [4.78, 5) is 39.1. The molecule has 2 aliphatic rings. The molecule has 1 saturated carbocycles. The van der Waals surface area contributed by atoms with E-state index in [-0.39, 0.29) is 43.5 Å². The smallest absolute Gasteiger partial charge is 0.416 e. The van der Waals surface area contributed by atoms with Gasteiger partial charge in [0.05, 0.1) is 11.5 Å². The van der Waals surface area contributed by atoms with Crippen LogP contribution in [0.4, 0.5) is 4.79 Å². The third kappa shape index (κ3) is 4.15. The average molecular weight is 373 g/mol. The molecule has 6 nitrogen and oxygen atoms in total. The number of esters is 1. The van der Waals surface area contributed by atoms with E-state index in [2.05, 4.69) is 0 Å². The van der Waals surface area contributed by atoms with E-state index in [0.717, 1.165) is 18.4 Å².